The molecule has 0 spiro atoms. The maximum atomic E-state index is 11.8. The number of hydrogen-bond acceptors (Lipinski definition) is 6. The lowest BCUT2D eigenvalue weighted by Gasteiger charge is -2.24. The third-order valence-electron chi connectivity index (χ3n) is 3.51. The summed E-state index contributed by atoms with van der Waals surface area (Å²) in [5.74, 6) is 0.427. The monoisotopic (exact) mass is 380 g/mol. The Hall–Kier alpha value is -2.22. The van der Waals surface area contributed by atoms with Gasteiger partial charge < -0.3 is 14.4 Å². The lowest BCUT2D eigenvalue weighted by molar-refractivity contribution is -0.118. The Labute approximate surface area is 157 Å². The molecule has 1 aromatic carbocycles. The topological polar surface area (TPSA) is 84.9 Å². The van der Waals surface area contributed by atoms with Crippen molar-refractivity contribution >= 4 is 29.0 Å². The van der Waals surface area contributed by atoms with Gasteiger partial charge in [0.25, 0.3) is 5.24 Å². The molecule has 1 saturated heterocycles. The summed E-state index contributed by atoms with van der Waals surface area (Å²) >= 11 is 1.02. The summed E-state index contributed by atoms with van der Waals surface area (Å²) in [6.07, 6.45) is 0.0996. The number of nitrogens with one attached hydrogen (secondary N) is 1. The predicted octanol–water partition coefficient (Wildman–Crippen LogP) is 2.83. The fourth-order valence-corrected chi connectivity index (χ4v) is 3.05. The van der Waals surface area contributed by atoms with Crippen LogP contribution in [-0.4, -0.2) is 53.2 Å². The third kappa shape index (κ3) is 6.25. The van der Waals surface area contributed by atoms with E-state index in [1.807, 2.05) is 45.0 Å². The highest BCUT2D eigenvalue weighted by molar-refractivity contribution is 8.15. The molecule has 0 aromatic heterocycles. The van der Waals surface area contributed by atoms with E-state index in [2.05, 4.69) is 5.32 Å². The number of benzene rings is 1. The van der Waals surface area contributed by atoms with Crippen molar-refractivity contribution in [1.82, 2.24) is 10.2 Å². The summed E-state index contributed by atoms with van der Waals surface area (Å²) in [5.41, 5.74) is 0.423. The summed E-state index contributed by atoms with van der Waals surface area (Å²) in [6.45, 7) is 6.20. The third-order valence-corrected chi connectivity index (χ3v) is 4.49. The van der Waals surface area contributed by atoms with Crippen LogP contribution in [0.2, 0.25) is 0 Å². The van der Waals surface area contributed by atoms with Gasteiger partial charge in [-0.15, -0.1) is 0 Å². The van der Waals surface area contributed by atoms with Gasteiger partial charge in [-0.05, 0) is 44.9 Å². The molecule has 0 saturated carbocycles. The van der Waals surface area contributed by atoms with E-state index in [-0.39, 0.29) is 16.4 Å². The van der Waals surface area contributed by atoms with Crippen molar-refractivity contribution in [3.63, 3.8) is 0 Å². The molecule has 3 amide bonds. The molecule has 142 valence electrons. The lowest BCUT2D eigenvalue weighted by atomic mass is 10.1. The van der Waals surface area contributed by atoms with Crippen molar-refractivity contribution in [1.29, 1.82) is 0 Å². The van der Waals surface area contributed by atoms with Crippen LogP contribution in [0.3, 0.4) is 0 Å². The van der Waals surface area contributed by atoms with E-state index in [0.29, 0.717) is 25.3 Å². The number of thioether (sulfide) groups is 1. The number of imide groups is 1. The van der Waals surface area contributed by atoms with Gasteiger partial charge in [0.2, 0.25) is 5.91 Å². The first-order valence-corrected chi connectivity index (χ1v) is 9.19. The SMILES string of the molecule is CN(CCOc1ccc(CC2SC(=O)NC2=O)cc1)C(=O)OC(C)(C)C. The average Bonchev–Trinajstić information content (AvgIpc) is 2.84. The molecular weight excluding hydrogens is 356 g/mol. The zero-order valence-corrected chi connectivity index (χ0v) is 16.2. The number of carbonyl (C=O) groups excluding carboxylic acids is 3. The van der Waals surface area contributed by atoms with Crippen molar-refractivity contribution in [2.24, 2.45) is 0 Å². The zero-order valence-electron chi connectivity index (χ0n) is 15.4. The van der Waals surface area contributed by atoms with Gasteiger partial charge in [0.15, 0.2) is 0 Å². The first-order valence-electron chi connectivity index (χ1n) is 8.31. The number of hydrogen-bond donors (Lipinski definition) is 1. The van der Waals surface area contributed by atoms with Crippen LogP contribution in [0.1, 0.15) is 26.3 Å². The number of ether oxygens (including phenoxy) is 2. The quantitative estimate of drug-likeness (QED) is 0.817. The number of nitrogens with zero attached hydrogens (tertiary/aromatic N) is 1. The van der Waals surface area contributed by atoms with Crippen LogP contribution in [0, 0.1) is 0 Å². The highest BCUT2D eigenvalue weighted by Crippen LogP contribution is 2.23. The smallest absolute Gasteiger partial charge is 0.410 e. The molecule has 1 atom stereocenters. The Kier molecular flexibility index (Phi) is 6.52. The molecule has 26 heavy (non-hydrogen) atoms. The summed E-state index contributed by atoms with van der Waals surface area (Å²) in [6, 6.07) is 7.34. The lowest BCUT2D eigenvalue weighted by Crippen LogP contribution is -2.36. The summed E-state index contributed by atoms with van der Waals surface area (Å²) in [7, 11) is 1.66. The summed E-state index contributed by atoms with van der Waals surface area (Å²) in [5, 5.41) is 1.60. The predicted molar refractivity (Wildman–Crippen MR) is 99.4 cm³/mol. The van der Waals surface area contributed by atoms with Crippen molar-refractivity contribution in [2.75, 3.05) is 20.2 Å². The first-order chi connectivity index (χ1) is 12.1. The van der Waals surface area contributed by atoms with Crippen LogP contribution in [-0.2, 0) is 16.0 Å². The number of likely N-dealkylation sites (N-methyl/N-ethyl adjacent to an activating group) is 1. The Morgan fingerprint density at radius 1 is 1.23 bits per heavy atom. The van der Waals surface area contributed by atoms with E-state index in [4.69, 9.17) is 9.47 Å². The number of carbonyl (C=O) groups is 3. The fraction of sp³-hybridized carbons (Fsp3) is 0.500. The van der Waals surface area contributed by atoms with Crippen molar-refractivity contribution < 1.29 is 23.9 Å². The minimum atomic E-state index is -0.527. The van der Waals surface area contributed by atoms with Crippen LogP contribution in [0.15, 0.2) is 24.3 Å². The Balaban J connectivity index is 1.76. The van der Waals surface area contributed by atoms with Gasteiger partial charge in [-0.3, -0.25) is 14.9 Å². The van der Waals surface area contributed by atoms with Crippen molar-refractivity contribution in [3.8, 4) is 5.75 Å². The molecule has 7 nitrogen and oxygen atoms in total. The van der Waals surface area contributed by atoms with Crippen molar-refractivity contribution in [2.45, 2.75) is 38.0 Å². The summed E-state index contributed by atoms with van der Waals surface area (Å²) < 4.78 is 10.9. The molecule has 1 aliphatic rings. The van der Waals surface area contributed by atoms with Crippen LogP contribution in [0.25, 0.3) is 0 Å². The van der Waals surface area contributed by atoms with Crippen LogP contribution in [0.5, 0.6) is 5.75 Å². The highest BCUT2D eigenvalue weighted by atomic mass is 32.2. The normalized spacial score (nSPS) is 17.0. The Morgan fingerprint density at radius 2 is 1.88 bits per heavy atom. The number of rotatable bonds is 6. The first kappa shape index (κ1) is 20.1. The Bertz CT molecular complexity index is 669. The molecule has 1 unspecified atom stereocenters. The van der Waals surface area contributed by atoms with E-state index in [9.17, 15) is 14.4 Å². The standard InChI is InChI=1S/C18H24N2O5S/c1-18(2,3)25-17(23)20(4)9-10-24-13-7-5-12(6-8-13)11-14-15(21)19-16(22)26-14/h5-8,14H,9-11H2,1-4H3,(H,19,21,22). The molecule has 1 heterocycles. The molecule has 0 radical (unpaired) electrons. The average molecular weight is 380 g/mol. The molecular formula is C18H24N2O5S. The highest BCUT2D eigenvalue weighted by Gasteiger charge is 2.31. The minimum absolute atomic E-state index is 0.245. The van der Waals surface area contributed by atoms with Crippen LogP contribution in [0.4, 0.5) is 9.59 Å². The van der Waals surface area contributed by atoms with Crippen LogP contribution < -0.4 is 10.1 Å². The molecule has 0 bridgehead atoms. The maximum Gasteiger partial charge on any atom is 0.410 e. The molecule has 8 heteroatoms. The van der Waals surface area contributed by atoms with Gasteiger partial charge in [0, 0.05) is 7.05 Å². The van der Waals surface area contributed by atoms with Gasteiger partial charge in [-0.25, -0.2) is 4.79 Å². The number of amides is 3. The molecule has 1 N–H and O–H groups in total. The zero-order chi connectivity index (χ0) is 19.3. The largest absolute Gasteiger partial charge is 0.492 e. The van der Waals surface area contributed by atoms with E-state index >= 15 is 0 Å². The second-order valence-electron chi connectivity index (χ2n) is 6.98. The van der Waals surface area contributed by atoms with Gasteiger partial charge >= 0.3 is 6.09 Å². The molecule has 2 rings (SSSR count). The Morgan fingerprint density at radius 3 is 2.42 bits per heavy atom. The molecule has 0 aliphatic carbocycles. The van der Waals surface area contributed by atoms with E-state index < -0.39 is 11.7 Å². The molecule has 1 fully saturated rings. The van der Waals surface area contributed by atoms with Gasteiger partial charge in [0.1, 0.15) is 18.0 Å². The van der Waals surface area contributed by atoms with E-state index in [1.54, 1.807) is 7.05 Å². The second kappa shape index (κ2) is 8.44. The maximum absolute atomic E-state index is 11.8. The van der Waals surface area contributed by atoms with Gasteiger partial charge in [-0.2, -0.15) is 0 Å². The second-order valence-corrected chi connectivity index (χ2v) is 8.16. The van der Waals surface area contributed by atoms with Gasteiger partial charge in [0.05, 0.1) is 11.8 Å². The van der Waals surface area contributed by atoms with Crippen LogP contribution >= 0.6 is 11.8 Å². The van der Waals surface area contributed by atoms with Gasteiger partial charge in [-0.1, -0.05) is 23.9 Å². The minimum Gasteiger partial charge on any atom is -0.492 e. The molecule has 1 aliphatic heterocycles. The fourth-order valence-electron chi connectivity index (χ4n) is 2.20. The molecule has 1 aromatic rings. The van der Waals surface area contributed by atoms with E-state index in [0.717, 1.165) is 17.3 Å². The van der Waals surface area contributed by atoms with Crippen molar-refractivity contribution in [3.05, 3.63) is 29.8 Å². The summed E-state index contributed by atoms with van der Waals surface area (Å²) in [4.78, 5) is 36.1. The van der Waals surface area contributed by atoms with E-state index in [1.165, 1.54) is 4.90 Å².